The molecule has 2 unspecified atom stereocenters. The van der Waals surface area contributed by atoms with Crippen LogP contribution in [0.4, 0.5) is 0 Å². The number of aliphatic hydroxyl groups excluding tert-OH is 1. The van der Waals surface area contributed by atoms with E-state index < -0.39 is 33.9 Å². The summed E-state index contributed by atoms with van der Waals surface area (Å²) in [5, 5.41) is 11.9. The van der Waals surface area contributed by atoms with Crippen LogP contribution >= 0.6 is 11.8 Å². The van der Waals surface area contributed by atoms with E-state index in [-0.39, 0.29) is 11.4 Å². The molecular weight excluding hydrogens is 316 g/mol. The van der Waals surface area contributed by atoms with Gasteiger partial charge in [0, 0.05) is 11.4 Å². The van der Waals surface area contributed by atoms with Gasteiger partial charge in [-0.1, -0.05) is 12.1 Å². The van der Waals surface area contributed by atoms with Crippen molar-refractivity contribution < 1.29 is 23.1 Å². The van der Waals surface area contributed by atoms with Gasteiger partial charge in [0.05, 0.1) is 6.10 Å². The molecule has 9 heteroatoms. The minimum absolute atomic E-state index is 0.0428. The third-order valence-corrected chi connectivity index (χ3v) is 5.36. The highest BCUT2D eigenvalue weighted by Crippen LogP contribution is 2.24. The number of amides is 2. The first kappa shape index (κ1) is 15.8. The van der Waals surface area contributed by atoms with E-state index in [2.05, 4.69) is 5.32 Å². The van der Waals surface area contributed by atoms with Crippen molar-refractivity contribution >= 4 is 33.6 Å². The number of nitrogens with one attached hydrogen (secondary N) is 2. The smallest absolute Gasteiger partial charge is 0.265 e. The molecule has 2 amide bonds. The summed E-state index contributed by atoms with van der Waals surface area (Å²) in [4.78, 5) is 23.8. The second-order valence-electron chi connectivity index (χ2n) is 4.41. The molecule has 0 aromatic heterocycles. The van der Waals surface area contributed by atoms with Crippen molar-refractivity contribution in [2.45, 2.75) is 15.9 Å². The van der Waals surface area contributed by atoms with Crippen LogP contribution in [0.2, 0.25) is 0 Å². The van der Waals surface area contributed by atoms with Crippen LogP contribution in [0.3, 0.4) is 0 Å². The summed E-state index contributed by atoms with van der Waals surface area (Å²) in [5.41, 5.74) is 0. The van der Waals surface area contributed by atoms with Crippen LogP contribution in [-0.2, 0) is 19.6 Å². The van der Waals surface area contributed by atoms with Crippen molar-refractivity contribution in [3.63, 3.8) is 0 Å². The SMILES string of the molecule is CSc1ccccc1S(=O)(=O)NC(=O)C1C(=O)NCC1O. The summed E-state index contributed by atoms with van der Waals surface area (Å²) in [6.07, 6.45) is 0.480. The molecule has 1 saturated heterocycles. The van der Waals surface area contributed by atoms with Gasteiger partial charge in [0.2, 0.25) is 11.8 Å². The van der Waals surface area contributed by atoms with Crippen LogP contribution < -0.4 is 10.0 Å². The van der Waals surface area contributed by atoms with Gasteiger partial charge in [-0.3, -0.25) is 9.59 Å². The second kappa shape index (κ2) is 6.04. The lowest BCUT2D eigenvalue weighted by atomic mass is 10.1. The molecule has 0 radical (unpaired) electrons. The fourth-order valence-electron chi connectivity index (χ4n) is 1.99. The Bertz CT molecular complexity index is 674. The minimum Gasteiger partial charge on any atom is -0.390 e. The molecule has 1 fully saturated rings. The summed E-state index contributed by atoms with van der Waals surface area (Å²) in [6.45, 7) is -0.0711. The number of carbonyl (C=O) groups is 2. The topological polar surface area (TPSA) is 113 Å². The van der Waals surface area contributed by atoms with Crippen molar-refractivity contribution in [3.8, 4) is 0 Å². The van der Waals surface area contributed by atoms with Crippen LogP contribution in [0.25, 0.3) is 0 Å². The molecule has 1 aromatic carbocycles. The quantitative estimate of drug-likeness (QED) is 0.498. The Morgan fingerprint density at radius 3 is 2.67 bits per heavy atom. The number of sulfonamides is 1. The van der Waals surface area contributed by atoms with Gasteiger partial charge in [-0.15, -0.1) is 11.8 Å². The fourth-order valence-corrected chi connectivity index (χ4v) is 4.15. The molecule has 0 aliphatic carbocycles. The maximum atomic E-state index is 12.2. The number of hydrogen-bond acceptors (Lipinski definition) is 6. The third kappa shape index (κ3) is 3.20. The summed E-state index contributed by atoms with van der Waals surface area (Å²) in [6, 6.07) is 6.20. The maximum Gasteiger partial charge on any atom is 0.265 e. The molecule has 2 rings (SSSR count). The molecule has 3 N–H and O–H groups in total. The van der Waals surface area contributed by atoms with Crippen LogP contribution in [0.1, 0.15) is 0 Å². The third-order valence-electron chi connectivity index (χ3n) is 3.03. The molecule has 1 aliphatic rings. The maximum absolute atomic E-state index is 12.2. The van der Waals surface area contributed by atoms with Crippen molar-refractivity contribution in [3.05, 3.63) is 24.3 Å². The van der Waals surface area contributed by atoms with E-state index in [1.807, 2.05) is 4.72 Å². The van der Waals surface area contributed by atoms with Gasteiger partial charge in [0.15, 0.2) is 0 Å². The van der Waals surface area contributed by atoms with E-state index in [4.69, 9.17) is 0 Å². The van der Waals surface area contributed by atoms with Crippen LogP contribution in [0.15, 0.2) is 34.1 Å². The van der Waals surface area contributed by atoms with E-state index in [1.165, 1.54) is 23.9 Å². The molecule has 0 saturated carbocycles. The van der Waals surface area contributed by atoms with Crippen LogP contribution in [0.5, 0.6) is 0 Å². The summed E-state index contributed by atoms with van der Waals surface area (Å²) in [7, 11) is -4.10. The van der Waals surface area contributed by atoms with Gasteiger partial charge in [-0.05, 0) is 18.4 Å². The predicted molar refractivity (Wildman–Crippen MR) is 76.1 cm³/mol. The second-order valence-corrected chi connectivity index (χ2v) is 6.91. The number of rotatable bonds is 4. The van der Waals surface area contributed by atoms with Gasteiger partial charge >= 0.3 is 0 Å². The Labute approximate surface area is 126 Å². The first-order valence-electron chi connectivity index (χ1n) is 6.02. The Kier molecular flexibility index (Phi) is 4.55. The Morgan fingerprint density at radius 1 is 1.43 bits per heavy atom. The van der Waals surface area contributed by atoms with Gasteiger partial charge in [-0.25, -0.2) is 13.1 Å². The Hall–Kier alpha value is -1.58. The lowest BCUT2D eigenvalue weighted by Crippen LogP contribution is -2.42. The van der Waals surface area contributed by atoms with Crippen LogP contribution in [-0.4, -0.2) is 44.2 Å². The van der Waals surface area contributed by atoms with E-state index in [9.17, 15) is 23.1 Å². The van der Waals surface area contributed by atoms with E-state index in [0.717, 1.165) is 0 Å². The monoisotopic (exact) mass is 330 g/mol. The molecule has 1 aromatic rings. The zero-order chi connectivity index (χ0) is 15.6. The summed E-state index contributed by atoms with van der Waals surface area (Å²) < 4.78 is 26.3. The molecule has 7 nitrogen and oxygen atoms in total. The largest absolute Gasteiger partial charge is 0.390 e. The van der Waals surface area contributed by atoms with Gasteiger partial charge in [-0.2, -0.15) is 0 Å². The highest BCUT2D eigenvalue weighted by Gasteiger charge is 2.40. The first-order valence-corrected chi connectivity index (χ1v) is 8.73. The van der Waals surface area contributed by atoms with Gasteiger partial charge in [0.1, 0.15) is 10.8 Å². The number of benzene rings is 1. The number of thioether (sulfide) groups is 1. The first-order chi connectivity index (χ1) is 9.86. The minimum atomic E-state index is -4.10. The van der Waals surface area contributed by atoms with Gasteiger partial charge in [0.25, 0.3) is 10.0 Å². The standard InChI is InChI=1S/C12H14N2O5S2/c1-20-8-4-2-3-5-9(8)21(18,19)14-12(17)10-7(15)6-13-11(10)16/h2-5,7,10,15H,6H2,1H3,(H,13,16)(H,14,17). The van der Waals surface area contributed by atoms with Crippen LogP contribution in [0, 0.1) is 5.92 Å². The predicted octanol–water partition coefficient (Wildman–Crippen LogP) is -0.680. The molecular formula is C12H14N2O5S2. The van der Waals surface area contributed by atoms with E-state index in [0.29, 0.717) is 4.90 Å². The number of β-amino-alcohol motifs (C(OH)–C–C–N with tert-alkyl or cyclic N) is 1. The van der Waals surface area contributed by atoms with Gasteiger partial charge < -0.3 is 10.4 Å². The molecule has 2 atom stereocenters. The highest BCUT2D eigenvalue weighted by molar-refractivity contribution is 7.99. The molecule has 1 aliphatic heterocycles. The lowest BCUT2D eigenvalue weighted by molar-refractivity contribution is -0.134. The Balaban J connectivity index is 2.25. The molecule has 21 heavy (non-hydrogen) atoms. The molecule has 114 valence electrons. The zero-order valence-corrected chi connectivity index (χ0v) is 12.7. The average Bonchev–Trinajstić information content (AvgIpc) is 2.77. The number of aliphatic hydroxyl groups is 1. The zero-order valence-electron chi connectivity index (χ0n) is 11.1. The van der Waals surface area contributed by atoms with E-state index in [1.54, 1.807) is 18.4 Å². The fraction of sp³-hybridized carbons (Fsp3) is 0.333. The molecule has 0 bridgehead atoms. The molecule has 1 heterocycles. The van der Waals surface area contributed by atoms with E-state index >= 15 is 0 Å². The van der Waals surface area contributed by atoms with Crippen molar-refractivity contribution in [1.82, 2.24) is 10.0 Å². The van der Waals surface area contributed by atoms with Crippen molar-refractivity contribution in [1.29, 1.82) is 0 Å². The Morgan fingerprint density at radius 2 is 2.10 bits per heavy atom. The summed E-state index contributed by atoms with van der Waals surface area (Å²) >= 11 is 1.22. The number of carbonyl (C=O) groups excluding carboxylic acids is 2. The lowest BCUT2D eigenvalue weighted by Gasteiger charge is -2.13. The highest BCUT2D eigenvalue weighted by atomic mass is 32.2. The molecule has 0 spiro atoms. The normalized spacial score (nSPS) is 21.9. The van der Waals surface area contributed by atoms with Crippen molar-refractivity contribution in [2.24, 2.45) is 5.92 Å². The number of hydrogen-bond donors (Lipinski definition) is 3. The van der Waals surface area contributed by atoms with Crippen molar-refractivity contribution in [2.75, 3.05) is 12.8 Å². The summed E-state index contributed by atoms with van der Waals surface area (Å²) in [5.74, 6) is -3.14. The average molecular weight is 330 g/mol.